The molecule has 0 unspecified atom stereocenters. The summed E-state index contributed by atoms with van der Waals surface area (Å²) in [5, 5.41) is 6.56. The second kappa shape index (κ2) is 8.71. The van der Waals surface area contributed by atoms with Crippen molar-refractivity contribution in [1.29, 1.82) is 0 Å². The number of fused-ring (bicyclic) bond motifs is 1. The Kier molecular flexibility index (Phi) is 5.87. The van der Waals surface area contributed by atoms with E-state index in [1.54, 1.807) is 23.5 Å². The van der Waals surface area contributed by atoms with E-state index in [2.05, 4.69) is 15.3 Å². The molecule has 0 radical (unpaired) electrons. The van der Waals surface area contributed by atoms with Gasteiger partial charge in [0.1, 0.15) is 10.8 Å². The summed E-state index contributed by atoms with van der Waals surface area (Å²) in [5.41, 5.74) is 2.63. The number of carbonyl (C=O) groups is 1. The molecule has 0 fully saturated rings. The maximum Gasteiger partial charge on any atom is 0.230 e. The van der Waals surface area contributed by atoms with Crippen LogP contribution in [-0.2, 0) is 11.3 Å². The van der Waals surface area contributed by atoms with Crippen molar-refractivity contribution in [1.82, 2.24) is 15.3 Å². The predicted molar refractivity (Wildman–Crippen MR) is 117 cm³/mol. The molecule has 4 nitrogen and oxygen atoms in total. The first-order valence-corrected chi connectivity index (χ1v) is 10.9. The van der Waals surface area contributed by atoms with Gasteiger partial charge in [-0.15, -0.1) is 11.3 Å². The van der Waals surface area contributed by atoms with Crippen LogP contribution in [0.5, 0.6) is 0 Å². The Morgan fingerprint density at radius 2 is 1.97 bits per heavy atom. The molecule has 4 rings (SSSR count). The van der Waals surface area contributed by atoms with E-state index in [0.717, 1.165) is 31.9 Å². The van der Waals surface area contributed by atoms with Crippen molar-refractivity contribution >= 4 is 39.9 Å². The van der Waals surface area contributed by atoms with E-state index in [0.29, 0.717) is 12.4 Å². The number of carbonyl (C=O) groups excluding carboxylic acids is 1. The van der Waals surface area contributed by atoms with Gasteiger partial charge in [0.2, 0.25) is 5.91 Å². The quantitative estimate of drug-likeness (QED) is 0.341. The molecular weight excluding hydrogens is 405 g/mol. The fourth-order valence-electron chi connectivity index (χ4n) is 2.83. The number of thioether (sulfide) groups is 1. The monoisotopic (exact) mass is 423 g/mol. The van der Waals surface area contributed by atoms with Gasteiger partial charge >= 0.3 is 0 Å². The first kappa shape index (κ1) is 19.5. The van der Waals surface area contributed by atoms with Crippen molar-refractivity contribution in [2.75, 3.05) is 5.75 Å². The van der Waals surface area contributed by atoms with Crippen LogP contribution in [0.15, 0.2) is 65.0 Å². The molecule has 0 aliphatic rings. The Labute approximate surface area is 176 Å². The van der Waals surface area contributed by atoms with E-state index in [1.807, 2.05) is 42.6 Å². The van der Waals surface area contributed by atoms with Gasteiger partial charge in [0.05, 0.1) is 17.8 Å². The number of nitrogens with one attached hydrogen (secondary N) is 1. The second-order valence-electron chi connectivity index (χ2n) is 6.52. The molecule has 29 heavy (non-hydrogen) atoms. The van der Waals surface area contributed by atoms with Gasteiger partial charge in [-0.3, -0.25) is 4.79 Å². The smallest absolute Gasteiger partial charge is 0.230 e. The van der Waals surface area contributed by atoms with E-state index in [4.69, 9.17) is 0 Å². The van der Waals surface area contributed by atoms with Crippen LogP contribution in [0.3, 0.4) is 0 Å². The zero-order valence-electron chi connectivity index (χ0n) is 15.7. The van der Waals surface area contributed by atoms with E-state index in [9.17, 15) is 9.18 Å². The van der Waals surface area contributed by atoms with Crippen LogP contribution < -0.4 is 5.32 Å². The van der Waals surface area contributed by atoms with Crippen LogP contribution in [0.2, 0.25) is 0 Å². The molecule has 2 aromatic heterocycles. The third-order valence-electron chi connectivity index (χ3n) is 4.30. The molecule has 146 valence electrons. The number of nitrogens with zero attached hydrogens (tertiary/aromatic N) is 2. The first-order valence-electron chi connectivity index (χ1n) is 9.05. The Morgan fingerprint density at radius 1 is 1.14 bits per heavy atom. The van der Waals surface area contributed by atoms with E-state index in [1.165, 1.54) is 23.9 Å². The van der Waals surface area contributed by atoms with Crippen LogP contribution in [0.25, 0.3) is 22.3 Å². The number of aryl methyl sites for hydroxylation is 1. The van der Waals surface area contributed by atoms with Gasteiger partial charge in [0.25, 0.3) is 0 Å². The average molecular weight is 424 g/mol. The van der Waals surface area contributed by atoms with Gasteiger partial charge in [-0.25, -0.2) is 14.4 Å². The van der Waals surface area contributed by atoms with Crippen LogP contribution in [-0.4, -0.2) is 21.6 Å². The molecule has 2 heterocycles. The number of amides is 1. The molecule has 7 heteroatoms. The first-order chi connectivity index (χ1) is 14.1. The van der Waals surface area contributed by atoms with Crippen LogP contribution in [0.1, 0.15) is 10.4 Å². The highest BCUT2D eigenvalue weighted by Gasteiger charge is 2.12. The minimum absolute atomic E-state index is 0.0504. The molecule has 0 atom stereocenters. The van der Waals surface area contributed by atoms with E-state index in [-0.39, 0.29) is 17.5 Å². The number of hydrogen-bond donors (Lipinski definition) is 1. The fourth-order valence-corrected chi connectivity index (χ4v) is 4.33. The molecule has 0 saturated heterocycles. The molecule has 0 bridgehead atoms. The summed E-state index contributed by atoms with van der Waals surface area (Å²) in [5.74, 6) is 0.423. The number of benzene rings is 2. The lowest BCUT2D eigenvalue weighted by atomic mass is 10.1. The topological polar surface area (TPSA) is 54.9 Å². The third kappa shape index (κ3) is 4.81. The standard InChI is InChI=1S/C22H18FN3OS2/c1-14-4-9-18-19(11-14)25-21(15-5-7-16(23)8-6-15)26-22(18)29-13-20(27)24-12-17-3-2-10-28-17/h2-11H,12-13H2,1H3,(H,24,27). The molecule has 1 amide bonds. The molecule has 1 N–H and O–H groups in total. The highest BCUT2D eigenvalue weighted by Crippen LogP contribution is 2.29. The number of halogens is 1. The SMILES string of the molecule is Cc1ccc2c(SCC(=O)NCc3cccs3)nc(-c3ccc(F)cc3)nc2c1. The van der Waals surface area contributed by atoms with Gasteiger partial charge in [0, 0.05) is 15.8 Å². The third-order valence-corrected chi connectivity index (χ3v) is 6.17. The Bertz CT molecular complexity index is 1140. The van der Waals surface area contributed by atoms with Gasteiger partial charge in [-0.2, -0.15) is 0 Å². The van der Waals surface area contributed by atoms with Crippen LogP contribution >= 0.6 is 23.1 Å². The highest BCUT2D eigenvalue weighted by atomic mass is 32.2. The molecule has 0 saturated carbocycles. The maximum absolute atomic E-state index is 13.3. The van der Waals surface area contributed by atoms with Gasteiger partial charge in [-0.05, 0) is 60.3 Å². The van der Waals surface area contributed by atoms with Crippen molar-refractivity contribution < 1.29 is 9.18 Å². The fraction of sp³-hybridized carbons (Fsp3) is 0.136. The highest BCUT2D eigenvalue weighted by molar-refractivity contribution is 8.00. The Balaban J connectivity index is 1.58. The molecule has 4 aromatic rings. The van der Waals surface area contributed by atoms with Crippen LogP contribution in [0, 0.1) is 12.7 Å². The maximum atomic E-state index is 13.3. The summed E-state index contributed by atoms with van der Waals surface area (Å²) >= 11 is 2.99. The van der Waals surface area contributed by atoms with Gasteiger partial charge < -0.3 is 5.32 Å². The Hall–Kier alpha value is -2.77. The zero-order chi connectivity index (χ0) is 20.2. The lowest BCUT2D eigenvalue weighted by Gasteiger charge is -2.10. The summed E-state index contributed by atoms with van der Waals surface area (Å²) in [7, 11) is 0. The number of rotatable bonds is 6. The number of thiophene rings is 1. The van der Waals surface area contributed by atoms with Gasteiger partial charge in [-0.1, -0.05) is 23.9 Å². The van der Waals surface area contributed by atoms with Crippen LogP contribution in [0.4, 0.5) is 4.39 Å². The largest absolute Gasteiger partial charge is 0.350 e. The average Bonchev–Trinajstić information content (AvgIpc) is 3.24. The molecule has 0 spiro atoms. The zero-order valence-corrected chi connectivity index (χ0v) is 17.3. The molecular formula is C22H18FN3OS2. The summed E-state index contributed by atoms with van der Waals surface area (Å²) < 4.78 is 13.3. The van der Waals surface area contributed by atoms with Crippen molar-refractivity contribution in [3.63, 3.8) is 0 Å². The van der Waals surface area contributed by atoms with E-state index >= 15 is 0 Å². The summed E-state index contributed by atoms with van der Waals surface area (Å²) in [6.45, 7) is 2.53. The Morgan fingerprint density at radius 3 is 2.72 bits per heavy atom. The minimum atomic E-state index is -0.303. The summed E-state index contributed by atoms with van der Waals surface area (Å²) in [4.78, 5) is 22.7. The number of hydrogen-bond acceptors (Lipinski definition) is 5. The lowest BCUT2D eigenvalue weighted by Crippen LogP contribution is -2.24. The normalized spacial score (nSPS) is 11.0. The molecule has 0 aliphatic heterocycles. The number of aromatic nitrogens is 2. The van der Waals surface area contributed by atoms with Crippen molar-refractivity contribution in [2.45, 2.75) is 18.5 Å². The second-order valence-corrected chi connectivity index (χ2v) is 8.52. The summed E-state index contributed by atoms with van der Waals surface area (Å²) in [6.07, 6.45) is 0. The predicted octanol–water partition coefficient (Wildman–Crippen LogP) is 5.21. The molecule has 0 aliphatic carbocycles. The van der Waals surface area contributed by atoms with Crippen molar-refractivity contribution in [3.8, 4) is 11.4 Å². The van der Waals surface area contributed by atoms with Crippen molar-refractivity contribution in [2.24, 2.45) is 0 Å². The van der Waals surface area contributed by atoms with E-state index < -0.39 is 0 Å². The lowest BCUT2D eigenvalue weighted by molar-refractivity contribution is -0.118. The summed E-state index contributed by atoms with van der Waals surface area (Å²) in [6, 6.07) is 16.0. The van der Waals surface area contributed by atoms with Gasteiger partial charge in [0.15, 0.2) is 5.82 Å². The molecule has 2 aromatic carbocycles. The van der Waals surface area contributed by atoms with Crippen molar-refractivity contribution in [3.05, 3.63) is 76.2 Å². The minimum Gasteiger partial charge on any atom is -0.350 e.